The van der Waals surface area contributed by atoms with Crippen molar-refractivity contribution in [3.8, 4) is 11.5 Å². The molecule has 1 aliphatic heterocycles. The van der Waals surface area contributed by atoms with Gasteiger partial charge < -0.3 is 19.3 Å². The Morgan fingerprint density at radius 1 is 1.18 bits per heavy atom. The zero-order valence-electron chi connectivity index (χ0n) is 15.0. The van der Waals surface area contributed by atoms with Crippen LogP contribution < -0.4 is 14.8 Å². The molecule has 8 heteroatoms. The fourth-order valence-corrected chi connectivity index (χ4v) is 3.89. The molecule has 4 rings (SSSR count). The number of hydrogen-bond donors (Lipinski definition) is 1. The molecule has 0 aliphatic carbocycles. The van der Waals surface area contributed by atoms with Crippen molar-refractivity contribution in [1.82, 2.24) is 5.16 Å². The van der Waals surface area contributed by atoms with Crippen LogP contribution in [0, 0.1) is 6.92 Å². The largest absolute Gasteiger partial charge is 0.486 e. The maximum Gasteiger partial charge on any atom is 0.256 e. The number of nitrogens with zero attached hydrogens (tertiary/aromatic N) is 1. The maximum atomic E-state index is 12.9. The van der Waals surface area contributed by atoms with Crippen molar-refractivity contribution in [1.29, 1.82) is 0 Å². The fraction of sp³-hybridized carbons (Fsp3) is 0.200. The van der Waals surface area contributed by atoms with Crippen molar-refractivity contribution < 1.29 is 18.8 Å². The van der Waals surface area contributed by atoms with Crippen LogP contribution in [0.4, 0.5) is 5.69 Å². The topological polar surface area (TPSA) is 73.6 Å². The maximum absolute atomic E-state index is 12.9. The smallest absolute Gasteiger partial charge is 0.256 e. The number of thioether (sulfide) groups is 1. The molecule has 2 aromatic carbocycles. The van der Waals surface area contributed by atoms with E-state index in [4.69, 9.17) is 25.6 Å². The van der Waals surface area contributed by atoms with Gasteiger partial charge in [-0.15, -0.1) is 11.8 Å². The second-order valence-electron chi connectivity index (χ2n) is 6.15. The number of nitrogens with one attached hydrogen (secondary N) is 1. The quantitative estimate of drug-likeness (QED) is 0.593. The van der Waals surface area contributed by atoms with E-state index in [0.29, 0.717) is 46.7 Å². The van der Waals surface area contributed by atoms with E-state index in [-0.39, 0.29) is 5.91 Å². The first-order valence-corrected chi connectivity index (χ1v) is 10.0. The van der Waals surface area contributed by atoms with Gasteiger partial charge in [0, 0.05) is 23.1 Å². The number of carbonyl (C=O) groups excluding carboxylic acids is 1. The third kappa shape index (κ3) is 4.10. The first kappa shape index (κ1) is 18.7. The van der Waals surface area contributed by atoms with E-state index in [1.54, 1.807) is 18.2 Å². The van der Waals surface area contributed by atoms with Crippen molar-refractivity contribution in [3.05, 3.63) is 64.5 Å². The fourth-order valence-electron chi connectivity index (χ4n) is 2.76. The Kier molecular flexibility index (Phi) is 5.45. The van der Waals surface area contributed by atoms with Crippen molar-refractivity contribution in [3.63, 3.8) is 0 Å². The SMILES string of the molecule is Cc1cc(CSc2ccccc2C(=O)Nc2cc3c(cc2Cl)OCCO3)on1. The lowest BCUT2D eigenvalue weighted by Gasteiger charge is -2.20. The Morgan fingerprint density at radius 2 is 1.93 bits per heavy atom. The number of fused-ring (bicyclic) bond motifs is 1. The Labute approximate surface area is 171 Å². The predicted molar refractivity (Wildman–Crippen MR) is 108 cm³/mol. The van der Waals surface area contributed by atoms with Crippen LogP contribution in [-0.2, 0) is 5.75 Å². The van der Waals surface area contributed by atoms with E-state index in [0.717, 1.165) is 16.3 Å². The van der Waals surface area contributed by atoms with E-state index in [1.165, 1.54) is 11.8 Å². The summed E-state index contributed by atoms with van der Waals surface area (Å²) in [5.41, 5.74) is 1.85. The van der Waals surface area contributed by atoms with Gasteiger partial charge in [-0.05, 0) is 19.1 Å². The highest BCUT2D eigenvalue weighted by molar-refractivity contribution is 7.98. The summed E-state index contributed by atoms with van der Waals surface area (Å²) in [5.74, 6) is 2.22. The molecule has 0 atom stereocenters. The molecule has 0 saturated carbocycles. The van der Waals surface area contributed by atoms with Crippen LogP contribution in [-0.4, -0.2) is 24.3 Å². The molecule has 0 fully saturated rings. The standard InChI is InChI=1S/C20H17ClN2O4S/c1-12-8-13(27-23-12)11-28-19-5-3-2-4-14(19)20(24)22-16-10-18-17(9-15(16)21)25-6-7-26-18/h2-5,8-10H,6-7,11H2,1H3,(H,22,24). The van der Waals surface area contributed by atoms with Gasteiger partial charge in [0.15, 0.2) is 11.5 Å². The highest BCUT2D eigenvalue weighted by Crippen LogP contribution is 2.38. The number of hydrogen-bond acceptors (Lipinski definition) is 6. The van der Waals surface area contributed by atoms with Gasteiger partial charge in [-0.3, -0.25) is 4.79 Å². The second kappa shape index (κ2) is 8.16. The molecule has 3 aromatic rings. The molecular weight excluding hydrogens is 400 g/mol. The minimum atomic E-state index is -0.254. The third-order valence-electron chi connectivity index (χ3n) is 4.06. The lowest BCUT2D eigenvalue weighted by Crippen LogP contribution is -2.17. The van der Waals surface area contributed by atoms with Gasteiger partial charge in [-0.25, -0.2) is 0 Å². The molecule has 144 valence electrons. The van der Waals surface area contributed by atoms with E-state index >= 15 is 0 Å². The average Bonchev–Trinajstić information content (AvgIpc) is 3.12. The molecule has 2 heterocycles. The summed E-state index contributed by atoms with van der Waals surface area (Å²) in [7, 11) is 0. The number of carbonyl (C=O) groups is 1. The van der Waals surface area contributed by atoms with Crippen molar-refractivity contribution in [2.75, 3.05) is 18.5 Å². The predicted octanol–water partition coefficient (Wildman–Crippen LogP) is 4.95. The van der Waals surface area contributed by atoms with Crippen LogP contribution in [0.25, 0.3) is 0 Å². The van der Waals surface area contributed by atoms with Crippen LogP contribution in [0.3, 0.4) is 0 Å². The Bertz CT molecular complexity index is 1020. The first-order valence-electron chi connectivity index (χ1n) is 8.64. The molecule has 1 amide bonds. The number of amides is 1. The molecule has 0 spiro atoms. The van der Waals surface area contributed by atoms with E-state index in [9.17, 15) is 4.79 Å². The third-order valence-corrected chi connectivity index (χ3v) is 5.47. The van der Waals surface area contributed by atoms with E-state index < -0.39 is 0 Å². The second-order valence-corrected chi connectivity index (χ2v) is 7.57. The summed E-state index contributed by atoms with van der Waals surface area (Å²) in [6, 6.07) is 12.6. The Balaban J connectivity index is 1.52. The number of halogens is 1. The summed E-state index contributed by atoms with van der Waals surface area (Å²) in [5, 5.41) is 7.14. The number of anilines is 1. The molecule has 1 aromatic heterocycles. The average molecular weight is 417 g/mol. The van der Waals surface area contributed by atoms with Crippen molar-refractivity contribution >= 4 is 35.0 Å². The van der Waals surface area contributed by atoms with Crippen molar-refractivity contribution in [2.24, 2.45) is 0 Å². The Hall–Kier alpha value is -2.64. The summed E-state index contributed by atoms with van der Waals surface area (Å²) >= 11 is 7.81. The van der Waals surface area contributed by atoms with Gasteiger partial charge in [0.25, 0.3) is 5.91 Å². The van der Waals surface area contributed by atoms with Crippen LogP contribution in [0.2, 0.25) is 5.02 Å². The minimum absolute atomic E-state index is 0.254. The molecule has 0 unspecified atom stereocenters. The highest BCUT2D eigenvalue weighted by Gasteiger charge is 2.18. The minimum Gasteiger partial charge on any atom is -0.486 e. The molecule has 28 heavy (non-hydrogen) atoms. The first-order chi connectivity index (χ1) is 13.6. The summed E-state index contributed by atoms with van der Waals surface area (Å²) < 4.78 is 16.3. The highest BCUT2D eigenvalue weighted by atomic mass is 35.5. The van der Waals surface area contributed by atoms with Gasteiger partial charge in [-0.2, -0.15) is 0 Å². The molecule has 0 radical (unpaired) electrons. The lowest BCUT2D eigenvalue weighted by atomic mass is 10.2. The van der Waals surface area contributed by atoms with Gasteiger partial charge in [0.05, 0.1) is 27.7 Å². The summed E-state index contributed by atoms with van der Waals surface area (Å²) in [6.45, 7) is 2.81. The molecule has 0 bridgehead atoms. The molecule has 6 nitrogen and oxygen atoms in total. The van der Waals surface area contributed by atoms with Crippen molar-refractivity contribution in [2.45, 2.75) is 17.6 Å². The van der Waals surface area contributed by atoms with Crippen LogP contribution in [0.5, 0.6) is 11.5 Å². The normalized spacial score (nSPS) is 12.6. The van der Waals surface area contributed by atoms with Gasteiger partial charge >= 0.3 is 0 Å². The molecule has 1 N–H and O–H groups in total. The molecular formula is C20H17ClN2O4S. The number of rotatable bonds is 5. The van der Waals surface area contributed by atoms with E-state index in [2.05, 4.69) is 10.5 Å². The van der Waals surface area contributed by atoms with Crippen LogP contribution in [0.1, 0.15) is 21.8 Å². The molecule has 1 aliphatic rings. The zero-order valence-corrected chi connectivity index (χ0v) is 16.6. The zero-order chi connectivity index (χ0) is 19.5. The number of aromatic nitrogens is 1. The van der Waals surface area contributed by atoms with E-state index in [1.807, 2.05) is 31.2 Å². The number of ether oxygens (including phenoxy) is 2. The monoisotopic (exact) mass is 416 g/mol. The van der Waals surface area contributed by atoms with Gasteiger partial charge in [0.2, 0.25) is 0 Å². The summed E-state index contributed by atoms with van der Waals surface area (Å²) in [6.07, 6.45) is 0. The van der Waals surface area contributed by atoms with Crippen LogP contribution >= 0.6 is 23.4 Å². The Morgan fingerprint density at radius 3 is 2.68 bits per heavy atom. The number of aryl methyl sites for hydroxylation is 1. The summed E-state index contributed by atoms with van der Waals surface area (Å²) in [4.78, 5) is 13.7. The van der Waals surface area contributed by atoms with Gasteiger partial charge in [0.1, 0.15) is 19.0 Å². The van der Waals surface area contributed by atoms with Crippen LogP contribution in [0.15, 0.2) is 51.9 Å². The lowest BCUT2D eigenvalue weighted by molar-refractivity contribution is 0.102. The number of benzene rings is 2. The van der Waals surface area contributed by atoms with Gasteiger partial charge in [-0.1, -0.05) is 28.9 Å². The molecule has 0 saturated heterocycles.